The molecule has 0 bridgehead atoms. The van der Waals surface area contributed by atoms with E-state index in [0.717, 1.165) is 37.3 Å². The van der Waals surface area contributed by atoms with Gasteiger partial charge in [0.25, 0.3) is 5.91 Å². The Morgan fingerprint density at radius 3 is 2.92 bits per heavy atom. The molecule has 130 valence electrons. The zero-order valence-electron chi connectivity index (χ0n) is 14.4. The lowest BCUT2D eigenvalue weighted by Crippen LogP contribution is -2.33. The molecule has 24 heavy (non-hydrogen) atoms. The molecule has 2 N–H and O–H groups in total. The molecule has 7 nitrogen and oxygen atoms in total. The maximum absolute atomic E-state index is 12.4. The van der Waals surface area contributed by atoms with Crippen molar-refractivity contribution >= 4 is 11.8 Å². The third-order valence-corrected chi connectivity index (χ3v) is 4.74. The molecule has 0 aliphatic carbocycles. The van der Waals surface area contributed by atoms with Crippen molar-refractivity contribution in [3.63, 3.8) is 0 Å². The van der Waals surface area contributed by atoms with E-state index in [9.17, 15) is 9.59 Å². The molecule has 1 saturated heterocycles. The Bertz CT molecular complexity index is 646. The number of amides is 2. The number of likely N-dealkylation sites (N-methyl/N-ethyl adjacent to an activating group) is 1. The predicted octanol–water partition coefficient (Wildman–Crippen LogP) is 0.221. The molecule has 0 radical (unpaired) electrons. The summed E-state index contributed by atoms with van der Waals surface area (Å²) < 4.78 is 0. The quantitative estimate of drug-likeness (QED) is 0.806. The van der Waals surface area contributed by atoms with Crippen LogP contribution >= 0.6 is 0 Å². The molecule has 2 aliphatic rings. The number of likely N-dealkylation sites (tertiary alicyclic amines) is 1. The van der Waals surface area contributed by atoms with Crippen LogP contribution in [0.2, 0.25) is 0 Å². The molecule has 0 spiro atoms. The average molecular weight is 331 g/mol. The lowest BCUT2D eigenvalue weighted by atomic mass is 10.1. The number of carbonyl (C=O) groups excluding carboxylic acids is 2. The summed E-state index contributed by atoms with van der Waals surface area (Å²) in [4.78, 5) is 34.4. The van der Waals surface area contributed by atoms with E-state index in [1.54, 1.807) is 0 Å². The van der Waals surface area contributed by atoms with Crippen molar-refractivity contribution in [2.45, 2.75) is 25.4 Å². The van der Waals surface area contributed by atoms with Crippen LogP contribution in [0, 0.1) is 0 Å². The second kappa shape index (κ2) is 6.86. The van der Waals surface area contributed by atoms with Crippen LogP contribution in [0.4, 0.5) is 0 Å². The van der Waals surface area contributed by atoms with Crippen LogP contribution in [-0.4, -0.2) is 71.8 Å². The monoisotopic (exact) mass is 331 g/mol. The van der Waals surface area contributed by atoms with Gasteiger partial charge in [0.05, 0.1) is 36.1 Å². The number of hydrogen-bond acceptors (Lipinski definition) is 5. The number of fused-ring (bicyclic) bond motifs is 1. The largest absolute Gasteiger partial charge is 0.369 e. The number of carbonyl (C=O) groups is 2. The summed E-state index contributed by atoms with van der Waals surface area (Å²) in [5.41, 5.74) is 7.83. The molecule has 3 rings (SSSR count). The first-order valence-corrected chi connectivity index (χ1v) is 8.42. The second-order valence-corrected chi connectivity index (χ2v) is 6.86. The van der Waals surface area contributed by atoms with E-state index < -0.39 is 0 Å². The van der Waals surface area contributed by atoms with Gasteiger partial charge in [0.1, 0.15) is 0 Å². The maximum Gasteiger partial charge on any atom is 0.256 e. The number of pyridine rings is 1. The molecule has 0 unspecified atom stereocenters. The van der Waals surface area contributed by atoms with Gasteiger partial charge in [-0.2, -0.15) is 0 Å². The number of rotatable bonds is 6. The highest BCUT2D eigenvalue weighted by Crippen LogP contribution is 2.32. The van der Waals surface area contributed by atoms with E-state index >= 15 is 0 Å². The van der Waals surface area contributed by atoms with Gasteiger partial charge in [-0.05, 0) is 45.6 Å². The average Bonchev–Trinajstić information content (AvgIpc) is 3.09. The van der Waals surface area contributed by atoms with Crippen molar-refractivity contribution in [1.29, 1.82) is 0 Å². The Balaban J connectivity index is 1.75. The van der Waals surface area contributed by atoms with Crippen molar-refractivity contribution in [2.75, 3.05) is 40.3 Å². The van der Waals surface area contributed by atoms with Crippen LogP contribution in [0.5, 0.6) is 0 Å². The fourth-order valence-electron chi connectivity index (χ4n) is 3.49. The van der Waals surface area contributed by atoms with Crippen molar-refractivity contribution in [3.8, 4) is 0 Å². The predicted molar refractivity (Wildman–Crippen MR) is 90.3 cm³/mol. The molecule has 1 atom stereocenters. The van der Waals surface area contributed by atoms with Gasteiger partial charge in [-0.1, -0.05) is 0 Å². The minimum atomic E-state index is -0.312. The van der Waals surface area contributed by atoms with Gasteiger partial charge < -0.3 is 15.5 Å². The summed E-state index contributed by atoms with van der Waals surface area (Å²) in [6.07, 6.45) is 2.00. The topological polar surface area (TPSA) is 82.8 Å². The van der Waals surface area contributed by atoms with E-state index in [0.29, 0.717) is 18.7 Å². The highest BCUT2D eigenvalue weighted by atomic mass is 16.2. The van der Waals surface area contributed by atoms with Crippen LogP contribution in [-0.2, 0) is 11.3 Å². The van der Waals surface area contributed by atoms with Crippen LogP contribution < -0.4 is 5.73 Å². The first-order valence-electron chi connectivity index (χ1n) is 8.42. The molecule has 0 saturated carbocycles. The summed E-state index contributed by atoms with van der Waals surface area (Å²) in [5, 5.41) is 0. The smallest absolute Gasteiger partial charge is 0.256 e. The Morgan fingerprint density at radius 1 is 1.42 bits per heavy atom. The molecular formula is C17H25N5O2. The van der Waals surface area contributed by atoms with Crippen LogP contribution in [0.25, 0.3) is 0 Å². The number of hydrogen-bond donors (Lipinski definition) is 1. The molecule has 3 heterocycles. The Labute approximate surface area is 142 Å². The van der Waals surface area contributed by atoms with E-state index in [1.165, 1.54) is 0 Å². The van der Waals surface area contributed by atoms with Gasteiger partial charge in [-0.3, -0.25) is 19.5 Å². The Hall–Kier alpha value is -1.99. The SMILES string of the molecule is CN(C)CCN1Cc2nc([C@@H]3CCCN3CC(N)=O)ccc2C1=O. The van der Waals surface area contributed by atoms with Gasteiger partial charge in [0.15, 0.2) is 0 Å². The fraction of sp³-hybridized carbons (Fsp3) is 0.588. The van der Waals surface area contributed by atoms with Gasteiger partial charge in [-0.25, -0.2) is 0 Å². The second-order valence-electron chi connectivity index (χ2n) is 6.86. The van der Waals surface area contributed by atoms with Crippen LogP contribution in [0.1, 0.15) is 40.6 Å². The van der Waals surface area contributed by atoms with Gasteiger partial charge in [0, 0.05) is 13.1 Å². The van der Waals surface area contributed by atoms with Crippen molar-refractivity contribution < 1.29 is 9.59 Å². The highest BCUT2D eigenvalue weighted by molar-refractivity contribution is 5.97. The summed E-state index contributed by atoms with van der Waals surface area (Å²) in [6, 6.07) is 3.93. The van der Waals surface area contributed by atoms with Crippen molar-refractivity contribution in [2.24, 2.45) is 5.73 Å². The first-order chi connectivity index (χ1) is 11.5. The van der Waals surface area contributed by atoms with E-state index in [4.69, 9.17) is 10.7 Å². The summed E-state index contributed by atoms with van der Waals surface area (Å²) in [6.45, 7) is 3.23. The fourth-order valence-corrected chi connectivity index (χ4v) is 3.49. The summed E-state index contributed by atoms with van der Waals surface area (Å²) >= 11 is 0. The number of primary amides is 1. The molecule has 7 heteroatoms. The van der Waals surface area contributed by atoms with Gasteiger partial charge >= 0.3 is 0 Å². The van der Waals surface area contributed by atoms with Gasteiger partial charge in [0.2, 0.25) is 5.91 Å². The zero-order valence-corrected chi connectivity index (χ0v) is 14.4. The minimum absolute atomic E-state index is 0.0614. The number of aromatic nitrogens is 1. The van der Waals surface area contributed by atoms with Gasteiger partial charge in [-0.15, -0.1) is 0 Å². The lowest BCUT2D eigenvalue weighted by molar-refractivity contribution is -0.119. The number of nitrogens with zero attached hydrogens (tertiary/aromatic N) is 4. The normalized spacial score (nSPS) is 20.9. The standard InChI is InChI=1S/C17H25N5O2/c1-20(2)8-9-22-10-14-12(17(22)24)5-6-13(19-14)15-4-3-7-21(15)11-16(18)23/h5-6,15H,3-4,7-11H2,1-2H3,(H2,18,23)/t15-/m0/s1. The Morgan fingerprint density at radius 2 is 2.21 bits per heavy atom. The molecule has 1 aromatic heterocycles. The molecular weight excluding hydrogens is 306 g/mol. The summed E-state index contributed by atoms with van der Waals surface area (Å²) in [7, 11) is 3.99. The third kappa shape index (κ3) is 3.42. The van der Waals surface area contributed by atoms with E-state index in [1.807, 2.05) is 31.1 Å². The number of nitrogens with two attached hydrogens (primary N) is 1. The molecule has 2 aliphatic heterocycles. The molecule has 2 amide bonds. The molecule has 1 aromatic rings. The minimum Gasteiger partial charge on any atom is -0.369 e. The molecule has 1 fully saturated rings. The third-order valence-electron chi connectivity index (χ3n) is 4.74. The first kappa shape index (κ1) is 16.9. The van der Waals surface area contributed by atoms with Crippen LogP contribution in [0.3, 0.4) is 0 Å². The molecule has 0 aromatic carbocycles. The lowest BCUT2D eigenvalue weighted by Gasteiger charge is -2.22. The van der Waals surface area contributed by atoms with Crippen molar-refractivity contribution in [3.05, 3.63) is 29.1 Å². The van der Waals surface area contributed by atoms with E-state index in [2.05, 4.69) is 9.80 Å². The highest BCUT2D eigenvalue weighted by Gasteiger charge is 2.32. The Kier molecular flexibility index (Phi) is 4.82. The maximum atomic E-state index is 12.4. The van der Waals surface area contributed by atoms with Crippen LogP contribution in [0.15, 0.2) is 12.1 Å². The van der Waals surface area contributed by atoms with Crippen molar-refractivity contribution in [1.82, 2.24) is 19.7 Å². The summed E-state index contributed by atoms with van der Waals surface area (Å²) in [5.74, 6) is -0.251. The zero-order chi connectivity index (χ0) is 17.3. The van der Waals surface area contributed by atoms with E-state index in [-0.39, 0.29) is 24.4 Å².